The zero-order valence-electron chi connectivity index (χ0n) is 45.3. The molecule has 2 amide bonds. The molecule has 2 atom stereocenters. The van der Waals surface area contributed by atoms with Gasteiger partial charge in [-0.3, -0.25) is 39.2 Å². The second-order valence-electron chi connectivity index (χ2n) is 20.5. The Balaban J connectivity index is 0.000000198. The van der Waals surface area contributed by atoms with Gasteiger partial charge in [-0.05, 0) is 128 Å². The average molecular weight is 1100 g/mol. The zero-order chi connectivity index (χ0) is 58.2. The highest BCUT2D eigenvalue weighted by molar-refractivity contribution is 6.00. The average Bonchev–Trinajstić information content (AvgIpc) is 4.17. The lowest BCUT2D eigenvalue weighted by atomic mass is 9.98. The van der Waals surface area contributed by atoms with Crippen molar-refractivity contribution in [3.8, 4) is 22.3 Å². The molecular formula is C64H56N8O10. The monoisotopic (exact) mass is 1100 g/mol. The largest absolute Gasteiger partial charge is 0.478 e. The first-order chi connectivity index (χ1) is 39.3. The molecule has 82 heavy (non-hydrogen) atoms. The lowest BCUT2D eigenvalue weighted by molar-refractivity contribution is -0.385. The number of ether oxygens (including phenoxy) is 1. The summed E-state index contributed by atoms with van der Waals surface area (Å²) in [5, 5.41) is 47.8. The number of carbonyl (C=O) groups excluding carboxylic acids is 3. The molecule has 0 aliphatic rings. The third-order valence-corrected chi connectivity index (χ3v) is 13.6. The Labute approximate surface area is 470 Å². The number of nitro groups is 2. The molecule has 10 rings (SSSR count). The van der Waals surface area contributed by atoms with Crippen LogP contribution in [0.25, 0.3) is 44.1 Å². The number of aromatic carboxylic acids is 1. The SMILES string of the molecule is C[C@H](NC(=O)c1ccc2c(cnn2Cc2ccc(-c3ccccc3C(=O)O)cc2)c1)c1ccc([N+](=O)[O-])cc1.C[C@H](NC(=O)c1ccc2c(cnn2Cc2ccc(-c3ccccc3C(=O)OC(C)(C)C)cc2)c1)c1ccc([N+](=O)[O-])cc1. The lowest BCUT2D eigenvalue weighted by Crippen LogP contribution is -2.26. The maximum atomic E-state index is 13.0. The Morgan fingerprint density at radius 1 is 0.549 bits per heavy atom. The molecule has 8 aromatic carbocycles. The van der Waals surface area contributed by atoms with Gasteiger partial charge < -0.3 is 20.5 Å². The summed E-state index contributed by atoms with van der Waals surface area (Å²) in [6, 6.07) is 52.4. The Kier molecular flexibility index (Phi) is 16.5. The molecular weight excluding hydrogens is 1040 g/mol. The number of hydrogen-bond donors (Lipinski definition) is 3. The first-order valence-corrected chi connectivity index (χ1v) is 26.1. The van der Waals surface area contributed by atoms with Gasteiger partial charge in [-0.1, -0.05) is 109 Å². The number of hydrogen-bond acceptors (Lipinski definition) is 11. The highest BCUT2D eigenvalue weighted by Crippen LogP contribution is 2.29. The third kappa shape index (κ3) is 13.3. The summed E-state index contributed by atoms with van der Waals surface area (Å²) in [5.74, 6) is -1.83. The maximum absolute atomic E-state index is 13.0. The van der Waals surface area contributed by atoms with Crippen LogP contribution in [0.4, 0.5) is 11.4 Å². The van der Waals surface area contributed by atoms with Crippen molar-refractivity contribution in [3.63, 3.8) is 0 Å². The van der Waals surface area contributed by atoms with Crippen molar-refractivity contribution in [2.45, 2.75) is 65.4 Å². The van der Waals surface area contributed by atoms with Crippen LogP contribution in [-0.2, 0) is 17.8 Å². The van der Waals surface area contributed by atoms with Crippen molar-refractivity contribution in [1.82, 2.24) is 30.2 Å². The van der Waals surface area contributed by atoms with Crippen molar-refractivity contribution >= 4 is 56.9 Å². The van der Waals surface area contributed by atoms with E-state index in [-0.39, 0.29) is 46.8 Å². The van der Waals surface area contributed by atoms with Gasteiger partial charge in [-0.25, -0.2) is 9.59 Å². The number of carboxylic acids is 1. The molecule has 0 saturated heterocycles. The predicted molar refractivity (Wildman–Crippen MR) is 312 cm³/mol. The van der Waals surface area contributed by atoms with Crippen LogP contribution in [0.1, 0.15) is 110 Å². The molecule has 10 aromatic rings. The number of benzene rings is 8. The molecule has 0 radical (unpaired) electrons. The minimum atomic E-state index is -0.966. The number of nitro benzene ring substituents is 2. The van der Waals surface area contributed by atoms with E-state index in [2.05, 4.69) is 20.8 Å². The molecule has 0 aliphatic heterocycles. The van der Waals surface area contributed by atoms with Gasteiger partial charge in [0.25, 0.3) is 23.2 Å². The molecule has 412 valence electrons. The molecule has 0 saturated carbocycles. The van der Waals surface area contributed by atoms with E-state index in [0.29, 0.717) is 35.3 Å². The Morgan fingerprint density at radius 2 is 0.939 bits per heavy atom. The smallest absolute Gasteiger partial charge is 0.339 e. The molecule has 18 heteroatoms. The van der Waals surface area contributed by atoms with Gasteiger partial charge in [-0.15, -0.1) is 0 Å². The molecule has 2 heterocycles. The number of non-ortho nitro benzene ring substituents is 2. The van der Waals surface area contributed by atoms with Crippen molar-refractivity contribution in [1.29, 1.82) is 0 Å². The number of aromatic nitrogens is 4. The molecule has 0 aliphatic carbocycles. The normalized spacial score (nSPS) is 11.9. The summed E-state index contributed by atoms with van der Waals surface area (Å²) in [7, 11) is 0. The number of nitrogens with one attached hydrogen (secondary N) is 2. The molecule has 2 aromatic heterocycles. The highest BCUT2D eigenvalue weighted by atomic mass is 16.6. The number of amides is 2. The van der Waals surface area contributed by atoms with Crippen LogP contribution in [0.5, 0.6) is 0 Å². The van der Waals surface area contributed by atoms with Crippen molar-refractivity contribution in [2.24, 2.45) is 0 Å². The van der Waals surface area contributed by atoms with Crippen LogP contribution >= 0.6 is 0 Å². The number of fused-ring (bicyclic) bond motifs is 2. The summed E-state index contributed by atoms with van der Waals surface area (Å²) in [5.41, 5.74) is 9.69. The van der Waals surface area contributed by atoms with Gasteiger partial charge in [-0.2, -0.15) is 10.2 Å². The third-order valence-electron chi connectivity index (χ3n) is 13.6. The topological polar surface area (TPSA) is 244 Å². The van der Waals surface area contributed by atoms with Crippen LogP contribution in [-0.4, -0.2) is 63.9 Å². The van der Waals surface area contributed by atoms with Crippen LogP contribution in [0.3, 0.4) is 0 Å². The minimum Gasteiger partial charge on any atom is -0.478 e. The van der Waals surface area contributed by atoms with Crippen LogP contribution < -0.4 is 10.6 Å². The fourth-order valence-corrected chi connectivity index (χ4v) is 9.30. The summed E-state index contributed by atoms with van der Waals surface area (Å²) in [6.07, 6.45) is 3.45. The number of carbonyl (C=O) groups is 4. The van der Waals surface area contributed by atoms with E-state index in [4.69, 9.17) is 4.74 Å². The van der Waals surface area contributed by atoms with Gasteiger partial charge in [0.1, 0.15) is 5.60 Å². The van der Waals surface area contributed by atoms with Gasteiger partial charge in [0.2, 0.25) is 0 Å². The van der Waals surface area contributed by atoms with Gasteiger partial charge in [0, 0.05) is 46.2 Å². The van der Waals surface area contributed by atoms with Crippen LogP contribution in [0.15, 0.2) is 194 Å². The number of nitrogens with zero attached hydrogens (tertiary/aromatic N) is 6. The van der Waals surface area contributed by atoms with Crippen molar-refractivity contribution in [3.05, 3.63) is 259 Å². The molecule has 18 nitrogen and oxygen atoms in total. The second-order valence-corrected chi connectivity index (χ2v) is 20.5. The minimum absolute atomic E-state index is 0.000739. The van der Waals surface area contributed by atoms with E-state index < -0.39 is 21.4 Å². The predicted octanol–water partition coefficient (Wildman–Crippen LogP) is 13.0. The molecule has 0 bridgehead atoms. The first-order valence-electron chi connectivity index (χ1n) is 26.1. The molecule has 0 fully saturated rings. The van der Waals surface area contributed by atoms with Crippen LogP contribution in [0.2, 0.25) is 0 Å². The lowest BCUT2D eigenvalue weighted by Gasteiger charge is -2.20. The maximum Gasteiger partial charge on any atom is 0.339 e. The summed E-state index contributed by atoms with van der Waals surface area (Å²) in [4.78, 5) is 71.0. The molecule has 0 spiro atoms. The molecule has 0 unspecified atom stereocenters. The Hall–Kier alpha value is -10.6. The van der Waals surface area contributed by atoms with Gasteiger partial charge in [0.05, 0.1) is 69.6 Å². The Bertz CT molecular complexity index is 4020. The fourth-order valence-electron chi connectivity index (χ4n) is 9.30. The number of esters is 1. The fraction of sp³-hybridized carbons (Fsp3) is 0.156. The van der Waals surface area contributed by atoms with Crippen molar-refractivity contribution in [2.75, 3.05) is 0 Å². The van der Waals surface area contributed by atoms with Crippen molar-refractivity contribution < 1.29 is 38.9 Å². The van der Waals surface area contributed by atoms with E-state index in [1.54, 1.807) is 85.2 Å². The highest BCUT2D eigenvalue weighted by Gasteiger charge is 2.22. The van der Waals surface area contributed by atoms with E-state index in [0.717, 1.165) is 60.8 Å². The van der Waals surface area contributed by atoms with E-state index in [9.17, 15) is 44.5 Å². The summed E-state index contributed by atoms with van der Waals surface area (Å²) in [6.45, 7) is 10.2. The van der Waals surface area contributed by atoms with E-state index in [1.165, 1.54) is 24.3 Å². The van der Waals surface area contributed by atoms with E-state index in [1.807, 2.05) is 129 Å². The Morgan fingerprint density at radius 3 is 1.33 bits per heavy atom. The zero-order valence-corrected chi connectivity index (χ0v) is 45.3. The second kappa shape index (κ2) is 24.2. The molecule has 3 N–H and O–H groups in total. The van der Waals surface area contributed by atoms with Crippen LogP contribution in [0, 0.1) is 20.2 Å². The quantitative estimate of drug-likeness (QED) is 0.0465. The standard InChI is InChI=1S/C34H32N4O5.C30H24N4O5/c1-22(24-13-16-28(17-14-24)38(41)42)36-32(39)26-15-18-31-27(19-26)20-35-37(31)21-23-9-11-25(12-10-23)29-7-5-6-8-30(29)33(40)43-34(2,3)4;1-19(21-10-13-25(14-11-21)34(38)39)32-29(35)23-12-15-28-24(16-23)17-31-33(28)18-20-6-8-22(9-7-20)26-4-2-3-5-27(26)30(36)37/h5-20,22H,21H2,1-4H3,(H,36,39);2-17,19H,18H2,1H3,(H,32,35)(H,36,37)/t22-;19-/m00/s1. The summed E-state index contributed by atoms with van der Waals surface area (Å²) < 4.78 is 9.32. The first kappa shape index (κ1) is 56.1. The van der Waals surface area contributed by atoms with Gasteiger partial charge >= 0.3 is 11.9 Å². The number of rotatable bonds is 16. The number of carboxylic acid groups (broad SMARTS) is 1. The summed E-state index contributed by atoms with van der Waals surface area (Å²) >= 11 is 0. The van der Waals surface area contributed by atoms with Gasteiger partial charge in [0.15, 0.2) is 0 Å². The van der Waals surface area contributed by atoms with E-state index >= 15 is 0 Å².